The van der Waals surface area contributed by atoms with Crippen molar-refractivity contribution in [3.05, 3.63) is 87.8 Å². The second-order valence-electron chi connectivity index (χ2n) is 7.74. The van der Waals surface area contributed by atoms with Crippen LogP contribution in [0.15, 0.2) is 69.9 Å². The number of benzene rings is 1. The normalized spacial score (nSPS) is 11.2. The van der Waals surface area contributed by atoms with Crippen molar-refractivity contribution in [2.75, 3.05) is 5.32 Å². The van der Waals surface area contributed by atoms with Gasteiger partial charge in [0.2, 0.25) is 5.13 Å². The van der Waals surface area contributed by atoms with E-state index in [0.717, 1.165) is 10.1 Å². The first kappa shape index (κ1) is 22.9. The van der Waals surface area contributed by atoms with E-state index >= 15 is 0 Å². The Morgan fingerprint density at radius 1 is 1.14 bits per heavy atom. The number of aryl methyl sites for hydroxylation is 1. The van der Waals surface area contributed by atoms with Crippen molar-refractivity contribution < 1.29 is 4.79 Å². The molecule has 0 fully saturated rings. The zero-order chi connectivity index (χ0) is 24.4. The average molecular weight is 504 g/mol. The number of amides is 1. The standard InChI is InChI=1S/C24H21N7O2S2/c1-2-11-31-19(25)16(13-17-20(31)26-18-10-6-7-12-30(18)22(17)33)21(32)27-23-28-29-24(35-23)34-14-15-8-4-3-5-9-15/h3-10,12-13,25H,2,11,14H2,1H3,(H,27,28,32). The molecule has 0 atom stereocenters. The fourth-order valence-electron chi connectivity index (χ4n) is 3.70. The minimum Gasteiger partial charge on any atom is -0.310 e. The SMILES string of the molecule is CCCn1c(=N)c(C(=O)Nc2nnc(SCc3ccccc3)s2)cc2c(=O)n3ccccc3nc21. The summed E-state index contributed by atoms with van der Waals surface area (Å²) in [6.45, 7) is 2.42. The molecule has 4 aromatic heterocycles. The predicted octanol–water partition coefficient (Wildman–Crippen LogP) is 3.93. The molecule has 9 nitrogen and oxygen atoms in total. The molecule has 1 aromatic carbocycles. The maximum atomic E-state index is 13.2. The van der Waals surface area contributed by atoms with Crippen molar-refractivity contribution in [3.8, 4) is 0 Å². The number of nitrogens with zero attached hydrogens (tertiary/aromatic N) is 5. The summed E-state index contributed by atoms with van der Waals surface area (Å²) in [5, 5.41) is 20.3. The predicted molar refractivity (Wildman–Crippen MR) is 137 cm³/mol. The third kappa shape index (κ3) is 4.60. The molecule has 0 radical (unpaired) electrons. The number of hydrogen-bond donors (Lipinski definition) is 2. The number of pyridine rings is 2. The van der Waals surface area contributed by atoms with E-state index < -0.39 is 5.91 Å². The zero-order valence-corrected chi connectivity index (χ0v) is 20.4. The summed E-state index contributed by atoms with van der Waals surface area (Å²) in [7, 11) is 0. The van der Waals surface area contributed by atoms with Gasteiger partial charge in [-0.15, -0.1) is 10.2 Å². The summed E-state index contributed by atoms with van der Waals surface area (Å²) in [6.07, 6.45) is 2.35. The summed E-state index contributed by atoms with van der Waals surface area (Å²) in [5.41, 5.74) is 1.82. The molecule has 0 unspecified atom stereocenters. The fraction of sp³-hybridized carbons (Fsp3) is 0.167. The van der Waals surface area contributed by atoms with Crippen molar-refractivity contribution in [1.29, 1.82) is 5.41 Å². The lowest BCUT2D eigenvalue weighted by atomic mass is 10.2. The lowest BCUT2D eigenvalue weighted by Crippen LogP contribution is -2.32. The number of aromatic nitrogens is 5. The van der Waals surface area contributed by atoms with Crippen LogP contribution in [0.1, 0.15) is 29.3 Å². The van der Waals surface area contributed by atoms with Gasteiger partial charge >= 0.3 is 0 Å². The zero-order valence-electron chi connectivity index (χ0n) is 18.8. The van der Waals surface area contributed by atoms with E-state index in [9.17, 15) is 9.59 Å². The van der Waals surface area contributed by atoms with Crippen molar-refractivity contribution in [2.24, 2.45) is 0 Å². The Morgan fingerprint density at radius 3 is 2.74 bits per heavy atom. The molecular formula is C24H21N7O2S2. The van der Waals surface area contributed by atoms with Gasteiger partial charge in [0.05, 0.1) is 10.9 Å². The van der Waals surface area contributed by atoms with Crippen molar-refractivity contribution >= 4 is 50.8 Å². The van der Waals surface area contributed by atoms with Crippen LogP contribution in [0.2, 0.25) is 0 Å². The van der Waals surface area contributed by atoms with E-state index in [2.05, 4.69) is 20.5 Å². The van der Waals surface area contributed by atoms with Crippen LogP contribution in [0, 0.1) is 5.41 Å². The molecule has 35 heavy (non-hydrogen) atoms. The molecule has 5 aromatic rings. The van der Waals surface area contributed by atoms with Gasteiger partial charge in [0.1, 0.15) is 16.8 Å². The molecule has 0 saturated carbocycles. The Labute approximate surface area is 208 Å². The van der Waals surface area contributed by atoms with Crippen LogP contribution >= 0.6 is 23.1 Å². The van der Waals surface area contributed by atoms with Crippen LogP contribution in [0.5, 0.6) is 0 Å². The Kier molecular flexibility index (Phi) is 6.43. The highest BCUT2D eigenvalue weighted by Gasteiger charge is 2.18. The molecule has 5 rings (SSSR count). The number of rotatable bonds is 7. The highest BCUT2D eigenvalue weighted by molar-refractivity contribution is 8.00. The van der Waals surface area contributed by atoms with Gasteiger partial charge in [-0.2, -0.15) is 0 Å². The van der Waals surface area contributed by atoms with Crippen LogP contribution < -0.4 is 16.4 Å². The summed E-state index contributed by atoms with van der Waals surface area (Å²) >= 11 is 2.80. The second kappa shape index (κ2) is 9.80. The quantitative estimate of drug-likeness (QED) is 0.197. The molecule has 0 aliphatic carbocycles. The Balaban J connectivity index is 1.47. The van der Waals surface area contributed by atoms with Crippen molar-refractivity contribution in [1.82, 2.24) is 24.1 Å². The largest absolute Gasteiger partial charge is 0.310 e. The van der Waals surface area contributed by atoms with Crippen LogP contribution in [0.3, 0.4) is 0 Å². The molecule has 0 aliphatic rings. The van der Waals surface area contributed by atoms with Gasteiger partial charge in [0.25, 0.3) is 11.5 Å². The van der Waals surface area contributed by atoms with E-state index in [1.54, 1.807) is 29.0 Å². The van der Waals surface area contributed by atoms with Gasteiger partial charge in [-0.1, -0.05) is 66.4 Å². The van der Waals surface area contributed by atoms with Crippen molar-refractivity contribution in [3.63, 3.8) is 0 Å². The maximum Gasteiger partial charge on any atom is 0.267 e. The number of nitrogens with one attached hydrogen (secondary N) is 2. The fourth-order valence-corrected chi connectivity index (χ4v) is 5.41. The van der Waals surface area contributed by atoms with E-state index in [1.165, 1.54) is 39.1 Å². The minimum atomic E-state index is -0.518. The first-order valence-corrected chi connectivity index (χ1v) is 12.8. The molecule has 1 amide bonds. The summed E-state index contributed by atoms with van der Waals surface area (Å²) in [4.78, 5) is 30.9. The van der Waals surface area contributed by atoms with Crippen LogP contribution in [-0.4, -0.2) is 30.1 Å². The second-order valence-corrected chi connectivity index (χ2v) is 9.94. The number of fused-ring (bicyclic) bond motifs is 2. The van der Waals surface area contributed by atoms with Crippen LogP contribution in [0.25, 0.3) is 16.7 Å². The van der Waals surface area contributed by atoms with Gasteiger partial charge in [0.15, 0.2) is 4.34 Å². The van der Waals surface area contributed by atoms with E-state index in [0.29, 0.717) is 29.4 Å². The highest BCUT2D eigenvalue weighted by atomic mass is 32.2. The maximum absolute atomic E-state index is 13.2. The average Bonchev–Trinajstić information content (AvgIpc) is 3.32. The molecule has 0 aliphatic heterocycles. The lowest BCUT2D eigenvalue weighted by molar-refractivity contribution is 0.102. The number of thioether (sulfide) groups is 1. The van der Waals surface area contributed by atoms with Crippen LogP contribution in [0.4, 0.5) is 5.13 Å². The molecule has 11 heteroatoms. The van der Waals surface area contributed by atoms with Crippen molar-refractivity contribution in [2.45, 2.75) is 30.0 Å². The summed E-state index contributed by atoms with van der Waals surface area (Å²) < 4.78 is 3.77. The summed E-state index contributed by atoms with van der Waals surface area (Å²) in [5.74, 6) is 0.224. The first-order valence-electron chi connectivity index (χ1n) is 11.0. The Bertz CT molecular complexity index is 1660. The van der Waals surface area contributed by atoms with Gasteiger partial charge in [-0.3, -0.25) is 24.7 Å². The van der Waals surface area contributed by atoms with E-state index in [4.69, 9.17) is 5.41 Å². The molecule has 4 heterocycles. The third-order valence-corrected chi connectivity index (χ3v) is 7.39. The van der Waals surface area contributed by atoms with E-state index in [-0.39, 0.29) is 22.0 Å². The summed E-state index contributed by atoms with van der Waals surface area (Å²) in [6, 6.07) is 16.8. The van der Waals surface area contributed by atoms with Gasteiger partial charge < -0.3 is 4.57 Å². The van der Waals surface area contributed by atoms with Gasteiger partial charge in [0, 0.05) is 18.5 Å². The minimum absolute atomic E-state index is 0.00720. The Hall–Kier alpha value is -3.83. The number of hydrogen-bond acceptors (Lipinski definition) is 8. The first-order chi connectivity index (χ1) is 17.0. The Morgan fingerprint density at radius 2 is 1.94 bits per heavy atom. The molecular weight excluding hydrogens is 482 g/mol. The topological polar surface area (TPSA) is 118 Å². The lowest BCUT2D eigenvalue weighted by Gasteiger charge is -2.13. The molecule has 0 bridgehead atoms. The molecule has 176 valence electrons. The number of carbonyl (C=O) groups is 1. The molecule has 0 saturated heterocycles. The smallest absolute Gasteiger partial charge is 0.267 e. The molecule has 0 spiro atoms. The number of carbonyl (C=O) groups excluding carboxylic acids is 1. The van der Waals surface area contributed by atoms with Crippen LogP contribution in [-0.2, 0) is 12.3 Å². The van der Waals surface area contributed by atoms with Gasteiger partial charge in [-0.05, 0) is 30.2 Å². The van der Waals surface area contributed by atoms with E-state index in [1.807, 2.05) is 37.3 Å². The van der Waals surface area contributed by atoms with Gasteiger partial charge in [-0.25, -0.2) is 4.98 Å². The number of anilines is 1. The monoisotopic (exact) mass is 503 g/mol. The third-order valence-electron chi connectivity index (χ3n) is 5.34. The molecule has 2 N–H and O–H groups in total. The highest BCUT2D eigenvalue weighted by Crippen LogP contribution is 2.28.